The summed E-state index contributed by atoms with van der Waals surface area (Å²) >= 11 is 0. The van der Waals surface area contributed by atoms with Gasteiger partial charge in [-0.2, -0.15) is 0 Å². The Balaban J connectivity index is 2.56. The highest BCUT2D eigenvalue weighted by Crippen LogP contribution is 2.24. The van der Waals surface area contributed by atoms with Crippen LogP contribution < -0.4 is 0 Å². The van der Waals surface area contributed by atoms with Gasteiger partial charge in [0.05, 0.1) is 12.3 Å². The van der Waals surface area contributed by atoms with E-state index >= 15 is 0 Å². The van der Waals surface area contributed by atoms with Crippen molar-refractivity contribution in [1.29, 1.82) is 0 Å². The third-order valence-electron chi connectivity index (χ3n) is 2.26. The van der Waals surface area contributed by atoms with Crippen LogP contribution in [0.25, 0.3) is 0 Å². The van der Waals surface area contributed by atoms with Crippen molar-refractivity contribution in [3.05, 3.63) is 0 Å². The zero-order valence-electron chi connectivity index (χ0n) is 10.8. The van der Waals surface area contributed by atoms with Gasteiger partial charge in [-0.25, -0.2) is 9.59 Å². The van der Waals surface area contributed by atoms with E-state index in [1.165, 1.54) is 6.92 Å². The molecule has 1 unspecified atom stereocenters. The summed E-state index contributed by atoms with van der Waals surface area (Å²) in [5, 5.41) is 7.10. The molecule has 0 N–H and O–H groups in total. The number of hydrogen-bond acceptors (Lipinski definition) is 7. The van der Waals surface area contributed by atoms with Gasteiger partial charge in [-0.3, -0.25) is 0 Å². The smallest absolute Gasteiger partial charge is 0.381 e. The van der Waals surface area contributed by atoms with Crippen molar-refractivity contribution >= 4 is 23.4 Å². The van der Waals surface area contributed by atoms with E-state index < -0.39 is 17.5 Å². The zero-order valence-corrected chi connectivity index (χ0v) is 10.8. The SMILES string of the molecule is CCOC(=O)/C(C)=N/OC(=O)C1(C)CC(C)=NO1. The highest BCUT2D eigenvalue weighted by Gasteiger charge is 2.43. The predicted molar refractivity (Wildman–Crippen MR) is 63.1 cm³/mol. The summed E-state index contributed by atoms with van der Waals surface area (Å²) < 4.78 is 4.69. The summed E-state index contributed by atoms with van der Waals surface area (Å²) in [5.74, 6) is -1.33. The first-order chi connectivity index (χ1) is 8.39. The lowest BCUT2D eigenvalue weighted by Gasteiger charge is -2.16. The van der Waals surface area contributed by atoms with Crippen LogP contribution in [0.5, 0.6) is 0 Å². The molecule has 0 saturated heterocycles. The van der Waals surface area contributed by atoms with E-state index in [1.807, 2.05) is 0 Å². The Morgan fingerprint density at radius 2 is 2.22 bits per heavy atom. The van der Waals surface area contributed by atoms with Crippen LogP contribution in [-0.4, -0.2) is 35.6 Å². The molecule has 0 amide bonds. The lowest BCUT2D eigenvalue weighted by Crippen LogP contribution is -2.36. The molecule has 1 aliphatic rings. The first-order valence-corrected chi connectivity index (χ1v) is 5.54. The average Bonchev–Trinajstić information content (AvgIpc) is 2.67. The fourth-order valence-electron chi connectivity index (χ4n) is 1.32. The van der Waals surface area contributed by atoms with Gasteiger partial charge in [-0.15, -0.1) is 0 Å². The Kier molecular flexibility index (Phi) is 4.41. The van der Waals surface area contributed by atoms with E-state index in [4.69, 9.17) is 4.84 Å². The van der Waals surface area contributed by atoms with Gasteiger partial charge in [0.2, 0.25) is 5.60 Å². The van der Waals surface area contributed by atoms with Gasteiger partial charge in [0.25, 0.3) is 0 Å². The van der Waals surface area contributed by atoms with Crippen LogP contribution in [0.4, 0.5) is 0 Å². The van der Waals surface area contributed by atoms with Crippen molar-refractivity contribution in [2.75, 3.05) is 6.61 Å². The fraction of sp³-hybridized carbons (Fsp3) is 0.636. The Bertz CT molecular complexity index is 416. The molecule has 0 aliphatic carbocycles. The van der Waals surface area contributed by atoms with Crippen molar-refractivity contribution < 1.29 is 24.0 Å². The molecule has 1 aliphatic heterocycles. The molecule has 0 fully saturated rings. The van der Waals surface area contributed by atoms with Gasteiger partial charge in [0.15, 0.2) is 5.71 Å². The van der Waals surface area contributed by atoms with Crippen molar-refractivity contribution in [1.82, 2.24) is 0 Å². The molecule has 0 aromatic rings. The Hall–Kier alpha value is -1.92. The number of ether oxygens (including phenoxy) is 1. The third-order valence-corrected chi connectivity index (χ3v) is 2.26. The van der Waals surface area contributed by atoms with Crippen LogP contribution in [-0.2, 0) is 24.0 Å². The van der Waals surface area contributed by atoms with Gasteiger partial charge in [-0.1, -0.05) is 10.3 Å². The standard InChI is InChI=1S/C11H16N2O5/c1-5-16-9(14)8(3)13-17-10(15)11(4)6-7(2)12-18-11/h5-6H2,1-4H3/b13-8+. The third kappa shape index (κ3) is 3.28. The second kappa shape index (κ2) is 5.61. The number of hydrogen-bond donors (Lipinski definition) is 0. The quantitative estimate of drug-likeness (QED) is 0.324. The van der Waals surface area contributed by atoms with Crippen LogP contribution in [0.1, 0.15) is 34.1 Å². The monoisotopic (exact) mass is 256 g/mol. The Morgan fingerprint density at radius 1 is 1.56 bits per heavy atom. The average molecular weight is 256 g/mol. The van der Waals surface area contributed by atoms with E-state index in [0.29, 0.717) is 12.1 Å². The Morgan fingerprint density at radius 3 is 2.72 bits per heavy atom. The zero-order chi connectivity index (χ0) is 13.8. The number of oxime groups is 2. The molecule has 7 nitrogen and oxygen atoms in total. The molecule has 1 heterocycles. The maximum Gasteiger partial charge on any atom is 0.381 e. The molecule has 1 atom stereocenters. The minimum absolute atomic E-state index is 0.0376. The maximum absolute atomic E-state index is 11.7. The summed E-state index contributed by atoms with van der Waals surface area (Å²) in [6.07, 6.45) is 0.333. The molecule has 0 bridgehead atoms. The van der Waals surface area contributed by atoms with Crippen LogP contribution in [0.2, 0.25) is 0 Å². The number of nitrogens with zero attached hydrogens (tertiary/aromatic N) is 2. The molecular formula is C11H16N2O5. The topological polar surface area (TPSA) is 86.6 Å². The number of esters is 1. The second-order valence-corrected chi connectivity index (χ2v) is 4.10. The molecular weight excluding hydrogens is 240 g/mol. The summed E-state index contributed by atoms with van der Waals surface area (Å²) in [7, 11) is 0. The largest absolute Gasteiger partial charge is 0.461 e. The molecule has 0 spiro atoms. The van der Waals surface area contributed by atoms with Gasteiger partial charge >= 0.3 is 11.9 Å². The van der Waals surface area contributed by atoms with E-state index in [0.717, 1.165) is 0 Å². The van der Waals surface area contributed by atoms with Crippen LogP contribution in [0, 0.1) is 0 Å². The van der Waals surface area contributed by atoms with Crippen molar-refractivity contribution in [2.24, 2.45) is 10.3 Å². The minimum atomic E-state index is -1.18. The first-order valence-electron chi connectivity index (χ1n) is 5.54. The second-order valence-electron chi connectivity index (χ2n) is 4.10. The summed E-state index contributed by atoms with van der Waals surface area (Å²) in [6.45, 7) is 6.58. The molecule has 0 aromatic heterocycles. The van der Waals surface area contributed by atoms with Crippen LogP contribution >= 0.6 is 0 Å². The predicted octanol–water partition coefficient (Wildman–Crippen LogP) is 1.02. The van der Waals surface area contributed by atoms with E-state index in [1.54, 1.807) is 20.8 Å². The molecule has 1 rings (SSSR count). The molecule has 0 radical (unpaired) electrons. The minimum Gasteiger partial charge on any atom is -0.461 e. The van der Waals surface area contributed by atoms with Crippen molar-refractivity contribution in [2.45, 2.75) is 39.7 Å². The fourth-order valence-corrected chi connectivity index (χ4v) is 1.32. The first kappa shape index (κ1) is 14.1. The maximum atomic E-state index is 11.7. The molecule has 18 heavy (non-hydrogen) atoms. The lowest BCUT2D eigenvalue weighted by atomic mass is 10.0. The van der Waals surface area contributed by atoms with Crippen LogP contribution in [0.3, 0.4) is 0 Å². The van der Waals surface area contributed by atoms with Crippen molar-refractivity contribution in [3.63, 3.8) is 0 Å². The number of rotatable bonds is 4. The van der Waals surface area contributed by atoms with E-state index in [-0.39, 0.29) is 12.3 Å². The summed E-state index contributed by atoms with van der Waals surface area (Å²) in [5.41, 5.74) is -0.521. The van der Waals surface area contributed by atoms with E-state index in [9.17, 15) is 9.59 Å². The number of carbonyl (C=O) groups is 2. The van der Waals surface area contributed by atoms with E-state index in [2.05, 4.69) is 19.9 Å². The van der Waals surface area contributed by atoms with Crippen LogP contribution in [0.15, 0.2) is 10.3 Å². The molecule has 0 saturated carbocycles. The summed E-state index contributed by atoms with van der Waals surface area (Å²) in [6, 6.07) is 0. The highest BCUT2D eigenvalue weighted by molar-refractivity contribution is 6.35. The van der Waals surface area contributed by atoms with Gasteiger partial charge in [0, 0.05) is 6.42 Å². The molecule has 0 aromatic carbocycles. The molecule has 100 valence electrons. The van der Waals surface area contributed by atoms with Gasteiger partial charge in [0.1, 0.15) is 0 Å². The normalized spacial score (nSPS) is 23.1. The molecule has 7 heteroatoms. The Labute approximate surface area is 105 Å². The van der Waals surface area contributed by atoms with Crippen molar-refractivity contribution in [3.8, 4) is 0 Å². The highest BCUT2D eigenvalue weighted by atomic mass is 16.7. The lowest BCUT2D eigenvalue weighted by molar-refractivity contribution is -0.167. The van der Waals surface area contributed by atoms with Gasteiger partial charge in [-0.05, 0) is 27.7 Å². The van der Waals surface area contributed by atoms with Gasteiger partial charge < -0.3 is 14.4 Å². The number of carbonyl (C=O) groups excluding carboxylic acids is 2. The summed E-state index contributed by atoms with van der Waals surface area (Å²) in [4.78, 5) is 32.6.